The highest BCUT2D eigenvalue weighted by Gasteiger charge is 2.39. The molecule has 1 aliphatic rings. The van der Waals surface area contributed by atoms with Crippen molar-refractivity contribution < 1.29 is 24.8 Å². The van der Waals surface area contributed by atoms with E-state index in [0.717, 1.165) is 12.8 Å². The van der Waals surface area contributed by atoms with Crippen molar-refractivity contribution in [1.29, 1.82) is 0 Å². The number of hydrogen-bond acceptors (Lipinski definition) is 5. The maximum atomic E-state index is 10.0. The average molecular weight is 429 g/mol. The first-order chi connectivity index (χ1) is 14.7. The summed E-state index contributed by atoms with van der Waals surface area (Å²) in [6.45, 7) is 2.63. The number of ether oxygens (including phenoxy) is 2. The van der Waals surface area contributed by atoms with Gasteiger partial charge in [0.25, 0.3) is 0 Å². The van der Waals surface area contributed by atoms with Crippen LogP contribution in [0.4, 0.5) is 0 Å². The quantitative estimate of drug-likeness (QED) is 0.201. The van der Waals surface area contributed by atoms with Crippen LogP contribution in [0.3, 0.4) is 0 Å². The zero-order valence-electron chi connectivity index (χ0n) is 19.4. The Kier molecular flexibility index (Phi) is 17.7. The molecule has 1 saturated heterocycles. The Bertz CT molecular complexity index is 399. The van der Waals surface area contributed by atoms with Gasteiger partial charge < -0.3 is 24.8 Å². The van der Waals surface area contributed by atoms with E-state index < -0.39 is 24.4 Å². The molecule has 1 aliphatic heterocycles. The van der Waals surface area contributed by atoms with Gasteiger partial charge in [-0.3, -0.25) is 0 Å². The predicted octanol–water partition coefficient (Wildman–Crippen LogP) is 4.91. The lowest BCUT2D eigenvalue weighted by Crippen LogP contribution is -2.55. The molecule has 0 radical (unpaired) electrons. The molecule has 0 aromatic heterocycles. The van der Waals surface area contributed by atoms with Crippen LogP contribution in [0.1, 0.15) is 103 Å². The van der Waals surface area contributed by atoms with Crippen LogP contribution in [-0.4, -0.2) is 59.6 Å². The second kappa shape index (κ2) is 19.2. The van der Waals surface area contributed by atoms with Crippen LogP contribution in [0.5, 0.6) is 0 Å². The van der Waals surface area contributed by atoms with Crippen molar-refractivity contribution >= 4 is 0 Å². The third kappa shape index (κ3) is 13.1. The first-order valence-corrected chi connectivity index (χ1v) is 12.6. The summed E-state index contributed by atoms with van der Waals surface area (Å²) in [6.07, 6.45) is 20.7. The van der Waals surface area contributed by atoms with E-state index in [1.165, 1.54) is 83.5 Å². The Balaban J connectivity index is 1.86. The van der Waals surface area contributed by atoms with Gasteiger partial charge in [-0.05, 0) is 32.1 Å². The molecule has 3 N–H and O–H groups in total. The highest BCUT2D eigenvalue weighted by atomic mass is 16.6. The van der Waals surface area contributed by atoms with Crippen molar-refractivity contribution in [2.24, 2.45) is 0 Å². The number of rotatable bonds is 19. The van der Waals surface area contributed by atoms with E-state index >= 15 is 0 Å². The normalized spacial score (nSPS) is 24.7. The van der Waals surface area contributed by atoms with Gasteiger partial charge in [-0.15, -0.1) is 0 Å². The van der Waals surface area contributed by atoms with Gasteiger partial charge in [0.15, 0.2) is 0 Å². The first-order valence-electron chi connectivity index (χ1n) is 12.6. The number of unbranched alkanes of at least 4 members (excludes halogenated alkanes) is 13. The Labute approximate surface area is 184 Å². The zero-order valence-corrected chi connectivity index (χ0v) is 19.4. The fraction of sp³-hybridized carbons (Fsp3) is 0.920. The van der Waals surface area contributed by atoms with Crippen molar-refractivity contribution in [2.45, 2.75) is 128 Å². The second-order valence-electron chi connectivity index (χ2n) is 8.74. The summed E-state index contributed by atoms with van der Waals surface area (Å²) in [6, 6.07) is 0. The van der Waals surface area contributed by atoms with E-state index in [2.05, 4.69) is 19.1 Å². The highest BCUT2D eigenvalue weighted by Crippen LogP contribution is 2.19. The molecule has 30 heavy (non-hydrogen) atoms. The van der Waals surface area contributed by atoms with Crippen LogP contribution >= 0.6 is 0 Å². The number of allylic oxidation sites excluding steroid dienone is 2. The molecule has 0 aliphatic carbocycles. The molecule has 1 fully saturated rings. The Morgan fingerprint density at radius 2 is 1.33 bits per heavy atom. The molecule has 5 nitrogen and oxygen atoms in total. The van der Waals surface area contributed by atoms with E-state index in [0.29, 0.717) is 6.61 Å². The monoisotopic (exact) mass is 428 g/mol. The van der Waals surface area contributed by atoms with Crippen molar-refractivity contribution in [3.63, 3.8) is 0 Å². The molecule has 0 saturated carbocycles. The van der Waals surface area contributed by atoms with Crippen LogP contribution in [0.25, 0.3) is 0 Å². The molecule has 5 heteroatoms. The Morgan fingerprint density at radius 1 is 0.800 bits per heavy atom. The molecule has 0 aromatic rings. The van der Waals surface area contributed by atoms with Gasteiger partial charge in [0.1, 0.15) is 24.4 Å². The predicted molar refractivity (Wildman–Crippen MR) is 123 cm³/mol. The van der Waals surface area contributed by atoms with Crippen LogP contribution in [0.2, 0.25) is 0 Å². The Morgan fingerprint density at radius 3 is 1.90 bits per heavy atom. The molecule has 0 unspecified atom stereocenters. The summed E-state index contributed by atoms with van der Waals surface area (Å²) in [7, 11) is 0. The molecule has 1 heterocycles. The van der Waals surface area contributed by atoms with Crippen LogP contribution < -0.4 is 0 Å². The molecule has 0 bridgehead atoms. The number of hydrogen-bond donors (Lipinski definition) is 3. The van der Waals surface area contributed by atoms with Gasteiger partial charge in [0, 0.05) is 6.61 Å². The van der Waals surface area contributed by atoms with E-state index in [1.807, 2.05) is 0 Å². The summed E-state index contributed by atoms with van der Waals surface area (Å²) in [5, 5.41) is 29.0. The van der Waals surface area contributed by atoms with Crippen molar-refractivity contribution in [2.75, 3.05) is 19.8 Å². The second-order valence-corrected chi connectivity index (χ2v) is 8.74. The molecule has 4 atom stereocenters. The van der Waals surface area contributed by atoms with E-state index in [-0.39, 0.29) is 13.2 Å². The van der Waals surface area contributed by atoms with Crippen LogP contribution in [-0.2, 0) is 9.47 Å². The molecule has 0 spiro atoms. The standard InChI is InChI=1S/C25H48O5/c1-2-3-4-5-6-7-8-9-10-11-12-13-14-15-16-17-18-19-29-25-23(20-26)30-21-22(27)24(25)28/h10-11,22-28H,2-9,12-21H2,1H3/b11-10+/t22-,23+,24+,25+/m0/s1. The van der Waals surface area contributed by atoms with Gasteiger partial charge >= 0.3 is 0 Å². The van der Waals surface area contributed by atoms with Gasteiger partial charge in [-0.1, -0.05) is 83.3 Å². The van der Waals surface area contributed by atoms with E-state index in [1.54, 1.807) is 0 Å². The van der Waals surface area contributed by atoms with E-state index in [4.69, 9.17) is 9.47 Å². The maximum Gasteiger partial charge on any atom is 0.114 e. The number of aliphatic hydroxyl groups excluding tert-OH is 3. The summed E-state index contributed by atoms with van der Waals surface area (Å²) >= 11 is 0. The molecule has 0 aromatic carbocycles. The third-order valence-electron chi connectivity index (χ3n) is 5.97. The SMILES string of the molecule is CCCCCCCCC/C=C/CCCCCCCCO[C@H]1[C@H](O)[C@@H](O)CO[C@@H]1CO. The summed E-state index contributed by atoms with van der Waals surface area (Å²) in [4.78, 5) is 0. The Hall–Kier alpha value is -0.460. The largest absolute Gasteiger partial charge is 0.394 e. The summed E-state index contributed by atoms with van der Waals surface area (Å²) in [5.41, 5.74) is 0. The van der Waals surface area contributed by atoms with Gasteiger partial charge in [0.2, 0.25) is 0 Å². The molecular weight excluding hydrogens is 380 g/mol. The first kappa shape index (κ1) is 27.6. The minimum absolute atomic E-state index is 0.0422. The maximum absolute atomic E-state index is 10.0. The van der Waals surface area contributed by atoms with Gasteiger partial charge in [-0.25, -0.2) is 0 Å². The third-order valence-corrected chi connectivity index (χ3v) is 5.97. The van der Waals surface area contributed by atoms with Crippen LogP contribution in [0, 0.1) is 0 Å². The molecule has 178 valence electrons. The number of aliphatic hydroxyl groups is 3. The lowest BCUT2D eigenvalue weighted by atomic mass is 10.0. The lowest BCUT2D eigenvalue weighted by molar-refractivity contribution is -0.211. The summed E-state index contributed by atoms with van der Waals surface area (Å²) in [5.74, 6) is 0. The van der Waals surface area contributed by atoms with Gasteiger partial charge in [-0.2, -0.15) is 0 Å². The minimum Gasteiger partial charge on any atom is -0.394 e. The van der Waals surface area contributed by atoms with Crippen molar-refractivity contribution in [3.05, 3.63) is 12.2 Å². The van der Waals surface area contributed by atoms with Gasteiger partial charge in [0.05, 0.1) is 13.2 Å². The van der Waals surface area contributed by atoms with Crippen molar-refractivity contribution in [3.8, 4) is 0 Å². The molecule has 0 amide bonds. The molecular formula is C25H48O5. The zero-order chi connectivity index (χ0) is 21.9. The fourth-order valence-corrected chi connectivity index (χ4v) is 3.96. The smallest absolute Gasteiger partial charge is 0.114 e. The highest BCUT2D eigenvalue weighted by molar-refractivity contribution is 4.87. The average Bonchev–Trinajstić information content (AvgIpc) is 2.75. The van der Waals surface area contributed by atoms with Crippen LogP contribution in [0.15, 0.2) is 12.2 Å². The van der Waals surface area contributed by atoms with Crippen molar-refractivity contribution in [1.82, 2.24) is 0 Å². The summed E-state index contributed by atoms with van der Waals surface area (Å²) < 4.78 is 11.0. The van der Waals surface area contributed by atoms with E-state index in [9.17, 15) is 15.3 Å². The minimum atomic E-state index is -0.991. The lowest BCUT2D eigenvalue weighted by Gasteiger charge is -2.37. The molecule has 1 rings (SSSR count). The fourth-order valence-electron chi connectivity index (χ4n) is 3.96. The topological polar surface area (TPSA) is 79.2 Å².